The molecule has 7 nitrogen and oxygen atoms in total. The number of amides is 1. The van der Waals surface area contributed by atoms with E-state index in [1.54, 1.807) is 31.3 Å². The molecule has 1 aromatic heterocycles. The first kappa shape index (κ1) is 16.6. The van der Waals surface area contributed by atoms with E-state index in [0.29, 0.717) is 24.0 Å². The van der Waals surface area contributed by atoms with E-state index in [9.17, 15) is 9.59 Å². The first-order chi connectivity index (χ1) is 11.6. The van der Waals surface area contributed by atoms with Gasteiger partial charge in [-0.3, -0.25) is 14.5 Å². The van der Waals surface area contributed by atoms with Crippen LogP contribution in [0.4, 0.5) is 0 Å². The zero-order valence-electron chi connectivity index (χ0n) is 14.0. The Morgan fingerprint density at radius 3 is 2.83 bits per heavy atom. The molecule has 0 spiro atoms. The first-order valence-corrected chi connectivity index (χ1v) is 8.20. The fourth-order valence-electron chi connectivity index (χ4n) is 2.96. The van der Waals surface area contributed by atoms with Crippen molar-refractivity contribution in [3.63, 3.8) is 0 Å². The molecule has 1 aromatic carbocycles. The number of nitrogens with one attached hydrogen (secondary N) is 1. The van der Waals surface area contributed by atoms with Gasteiger partial charge in [-0.25, -0.2) is 4.68 Å². The fourth-order valence-corrected chi connectivity index (χ4v) is 2.96. The summed E-state index contributed by atoms with van der Waals surface area (Å²) >= 11 is 0. The van der Waals surface area contributed by atoms with Crippen LogP contribution in [0.15, 0.2) is 29.1 Å². The van der Waals surface area contributed by atoms with Crippen molar-refractivity contribution in [2.75, 3.05) is 26.7 Å². The van der Waals surface area contributed by atoms with Crippen LogP contribution < -0.4 is 10.9 Å². The molecule has 1 atom stereocenters. The second-order valence-electron chi connectivity index (χ2n) is 5.90. The van der Waals surface area contributed by atoms with Gasteiger partial charge in [-0.05, 0) is 12.5 Å². The molecule has 1 saturated heterocycles. The maximum atomic E-state index is 12.7. The van der Waals surface area contributed by atoms with Crippen LogP contribution in [-0.4, -0.2) is 53.4 Å². The summed E-state index contributed by atoms with van der Waals surface area (Å²) < 4.78 is 7.04. The van der Waals surface area contributed by atoms with Crippen LogP contribution in [0, 0.1) is 0 Å². The van der Waals surface area contributed by atoms with Crippen molar-refractivity contribution in [1.29, 1.82) is 0 Å². The van der Waals surface area contributed by atoms with Gasteiger partial charge in [0.15, 0.2) is 5.69 Å². The van der Waals surface area contributed by atoms with E-state index in [1.165, 1.54) is 4.68 Å². The summed E-state index contributed by atoms with van der Waals surface area (Å²) in [4.78, 5) is 27.0. The average Bonchev–Trinajstić information content (AvgIpc) is 2.63. The monoisotopic (exact) mass is 330 g/mol. The van der Waals surface area contributed by atoms with Gasteiger partial charge in [0.25, 0.3) is 11.5 Å². The molecule has 2 aromatic rings. The molecule has 2 heterocycles. The summed E-state index contributed by atoms with van der Waals surface area (Å²) in [6.07, 6.45) is 1.10. The van der Waals surface area contributed by atoms with Crippen LogP contribution >= 0.6 is 0 Å². The summed E-state index contributed by atoms with van der Waals surface area (Å²) in [6.45, 7) is 4.58. The van der Waals surface area contributed by atoms with Gasteiger partial charge >= 0.3 is 0 Å². The number of rotatable bonds is 4. The Bertz CT molecular complexity index is 802. The Labute approximate surface area is 140 Å². The standard InChI is InChI=1S/C17H22N4O3/c1-3-12-10-20(8-9-24-12)11-21-17(23)14-7-5-4-6-13(14)15(19-21)16(22)18-2/h4-7,12H,3,8-11H2,1-2H3,(H,18,22)/t12-/m0/s1. The molecular weight excluding hydrogens is 308 g/mol. The number of fused-ring (bicyclic) bond motifs is 1. The predicted molar refractivity (Wildman–Crippen MR) is 91.0 cm³/mol. The molecule has 0 saturated carbocycles. The molecule has 1 N–H and O–H groups in total. The Morgan fingerprint density at radius 1 is 1.38 bits per heavy atom. The molecule has 1 aliphatic rings. The van der Waals surface area contributed by atoms with E-state index in [0.717, 1.165) is 19.5 Å². The zero-order chi connectivity index (χ0) is 17.1. The Balaban J connectivity index is 2.00. The van der Waals surface area contributed by atoms with Gasteiger partial charge < -0.3 is 10.1 Å². The van der Waals surface area contributed by atoms with E-state index in [4.69, 9.17) is 4.74 Å². The second-order valence-corrected chi connectivity index (χ2v) is 5.90. The van der Waals surface area contributed by atoms with E-state index in [1.807, 2.05) is 0 Å². The average molecular weight is 330 g/mol. The van der Waals surface area contributed by atoms with Crippen molar-refractivity contribution < 1.29 is 9.53 Å². The van der Waals surface area contributed by atoms with E-state index in [2.05, 4.69) is 22.2 Å². The van der Waals surface area contributed by atoms with Crippen molar-refractivity contribution >= 4 is 16.7 Å². The SMILES string of the molecule is CC[C@H]1CN(Cn2nc(C(=O)NC)c3ccccc3c2=O)CCO1. The molecule has 1 fully saturated rings. The third-order valence-electron chi connectivity index (χ3n) is 4.32. The topological polar surface area (TPSA) is 76.5 Å². The fraction of sp³-hybridized carbons (Fsp3) is 0.471. The highest BCUT2D eigenvalue weighted by Crippen LogP contribution is 2.14. The van der Waals surface area contributed by atoms with E-state index in [-0.39, 0.29) is 23.3 Å². The van der Waals surface area contributed by atoms with Crippen molar-refractivity contribution in [2.24, 2.45) is 0 Å². The number of hydrogen-bond acceptors (Lipinski definition) is 5. The van der Waals surface area contributed by atoms with Crippen molar-refractivity contribution in [3.8, 4) is 0 Å². The Hall–Kier alpha value is -2.25. The van der Waals surface area contributed by atoms with Crippen molar-refractivity contribution in [2.45, 2.75) is 26.1 Å². The number of hydrogen-bond donors (Lipinski definition) is 1. The van der Waals surface area contributed by atoms with Crippen LogP contribution in [0.25, 0.3) is 10.8 Å². The van der Waals surface area contributed by atoms with Crippen LogP contribution in [-0.2, 0) is 11.4 Å². The van der Waals surface area contributed by atoms with Gasteiger partial charge in [-0.15, -0.1) is 0 Å². The summed E-state index contributed by atoms with van der Waals surface area (Å²) in [5.41, 5.74) is 0.0887. The minimum Gasteiger partial charge on any atom is -0.376 e. The highest BCUT2D eigenvalue weighted by atomic mass is 16.5. The van der Waals surface area contributed by atoms with Crippen molar-refractivity contribution in [1.82, 2.24) is 20.0 Å². The van der Waals surface area contributed by atoms with Gasteiger partial charge in [-0.2, -0.15) is 5.10 Å². The number of benzene rings is 1. The molecule has 0 bridgehead atoms. The third-order valence-corrected chi connectivity index (χ3v) is 4.32. The maximum absolute atomic E-state index is 12.7. The maximum Gasteiger partial charge on any atom is 0.275 e. The van der Waals surface area contributed by atoms with E-state index >= 15 is 0 Å². The highest BCUT2D eigenvalue weighted by molar-refractivity contribution is 6.04. The van der Waals surface area contributed by atoms with Crippen molar-refractivity contribution in [3.05, 3.63) is 40.3 Å². The first-order valence-electron chi connectivity index (χ1n) is 8.20. The normalized spacial score (nSPS) is 18.7. The number of carbonyl (C=O) groups excluding carboxylic acids is 1. The molecular formula is C17H22N4O3. The largest absolute Gasteiger partial charge is 0.376 e. The van der Waals surface area contributed by atoms with Gasteiger partial charge in [0.2, 0.25) is 0 Å². The summed E-state index contributed by atoms with van der Waals surface area (Å²) in [5, 5.41) is 8.00. The van der Waals surface area contributed by atoms with Crippen LogP contribution in [0.5, 0.6) is 0 Å². The number of ether oxygens (including phenoxy) is 1. The molecule has 24 heavy (non-hydrogen) atoms. The Kier molecular flexibility index (Phi) is 4.92. The minimum atomic E-state index is -0.298. The lowest BCUT2D eigenvalue weighted by molar-refractivity contribution is -0.0415. The molecule has 7 heteroatoms. The van der Waals surface area contributed by atoms with Gasteiger partial charge in [0.05, 0.1) is 24.8 Å². The highest BCUT2D eigenvalue weighted by Gasteiger charge is 2.21. The van der Waals surface area contributed by atoms with Crippen LogP contribution in [0.3, 0.4) is 0 Å². The van der Waals surface area contributed by atoms with Gasteiger partial charge in [0.1, 0.15) is 0 Å². The number of carbonyl (C=O) groups is 1. The zero-order valence-corrected chi connectivity index (χ0v) is 14.0. The molecule has 0 aliphatic carbocycles. The number of nitrogens with zero attached hydrogens (tertiary/aromatic N) is 3. The summed E-state index contributed by atoms with van der Waals surface area (Å²) in [6, 6.07) is 7.08. The van der Waals surface area contributed by atoms with Crippen LogP contribution in [0.1, 0.15) is 23.8 Å². The molecule has 3 rings (SSSR count). The molecule has 0 unspecified atom stereocenters. The molecule has 0 radical (unpaired) electrons. The smallest absolute Gasteiger partial charge is 0.275 e. The van der Waals surface area contributed by atoms with Gasteiger partial charge in [0, 0.05) is 25.5 Å². The lowest BCUT2D eigenvalue weighted by atomic mass is 10.1. The second kappa shape index (κ2) is 7.11. The molecule has 128 valence electrons. The molecule has 1 aliphatic heterocycles. The summed E-state index contributed by atoms with van der Waals surface area (Å²) in [7, 11) is 1.56. The van der Waals surface area contributed by atoms with E-state index < -0.39 is 0 Å². The predicted octanol–water partition coefficient (Wildman–Crippen LogP) is 0.824. The molecule has 1 amide bonds. The van der Waals surface area contributed by atoms with Gasteiger partial charge in [-0.1, -0.05) is 25.1 Å². The lowest BCUT2D eigenvalue weighted by Gasteiger charge is -2.32. The Morgan fingerprint density at radius 2 is 2.12 bits per heavy atom. The summed E-state index contributed by atoms with van der Waals surface area (Å²) in [5.74, 6) is -0.298. The number of aromatic nitrogens is 2. The van der Waals surface area contributed by atoms with Crippen LogP contribution in [0.2, 0.25) is 0 Å². The quantitative estimate of drug-likeness (QED) is 0.898. The lowest BCUT2D eigenvalue weighted by Crippen LogP contribution is -2.45. The third kappa shape index (κ3) is 3.18. The minimum absolute atomic E-state index is 0.174. The number of morpholine rings is 1.